The number of hydrogen-bond donors (Lipinski definition) is 3. The number of carbonyl (C=O) groups is 1. The Hall–Kier alpha value is -2.11. The lowest BCUT2D eigenvalue weighted by Crippen LogP contribution is -2.31. The van der Waals surface area contributed by atoms with Crippen LogP contribution in [-0.4, -0.2) is 32.7 Å². The van der Waals surface area contributed by atoms with Crippen molar-refractivity contribution in [2.24, 2.45) is 0 Å². The monoisotopic (exact) mass is 265 g/mol. The fourth-order valence-electron chi connectivity index (χ4n) is 2.11. The first-order valence-electron chi connectivity index (χ1n) is 6.18. The Kier molecular flexibility index (Phi) is 3.99. The van der Waals surface area contributed by atoms with Crippen LogP contribution in [0.25, 0.3) is 0 Å². The van der Waals surface area contributed by atoms with Crippen LogP contribution < -0.4 is 25.8 Å². The van der Waals surface area contributed by atoms with Gasteiger partial charge in [0.2, 0.25) is 5.91 Å². The molecular weight excluding hydrogens is 246 g/mol. The molecule has 1 aliphatic heterocycles. The topological polar surface area (TPSA) is 85.6 Å². The van der Waals surface area contributed by atoms with Crippen LogP contribution in [0.2, 0.25) is 0 Å². The van der Waals surface area contributed by atoms with Gasteiger partial charge in [-0.3, -0.25) is 4.79 Å². The molecule has 6 heteroatoms. The molecule has 4 N–H and O–H groups in total. The van der Waals surface area contributed by atoms with Crippen LogP contribution in [0.1, 0.15) is 12.8 Å². The zero-order valence-electron chi connectivity index (χ0n) is 11.2. The quantitative estimate of drug-likeness (QED) is 0.691. The molecule has 0 spiro atoms. The van der Waals surface area contributed by atoms with Crippen molar-refractivity contribution >= 4 is 17.3 Å². The van der Waals surface area contributed by atoms with Crippen molar-refractivity contribution < 1.29 is 14.3 Å². The number of carbonyl (C=O) groups excluding carboxylic acids is 1. The molecule has 1 aliphatic rings. The van der Waals surface area contributed by atoms with Gasteiger partial charge in [0.1, 0.15) is 0 Å². The molecule has 0 bridgehead atoms. The summed E-state index contributed by atoms with van der Waals surface area (Å²) < 4.78 is 10.4. The van der Waals surface area contributed by atoms with Crippen molar-refractivity contribution in [1.82, 2.24) is 5.32 Å². The molecule has 1 heterocycles. The molecule has 0 saturated carbocycles. The van der Waals surface area contributed by atoms with Gasteiger partial charge in [0.25, 0.3) is 0 Å². The third-order valence-corrected chi connectivity index (χ3v) is 3.18. The van der Waals surface area contributed by atoms with Gasteiger partial charge in [-0.2, -0.15) is 0 Å². The van der Waals surface area contributed by atoms with Gasteiger partial charge in [-0.15, -0.1) is 0 Å². The summed E-state index contributed by atoms with van der Waals surface area (Å²) in [5.74, 6) is 1.32. The summed E-state index contributed by atoms with van der Waals surface area (Å²) in [7, 11) is 3.15. The van der Waals surface area contributed by atoms with E-state index in [1.54, 1.807) is 26.4 Å². The van der Waals surface area contributed by atoms with E-state index in [2.05, 4.69) is 10.6 Å². The fourth-order valence-corrected chi connectivity index (χ4v) is 2.11. The zero-order valence-corrected chi connectivity index (χ0v) is 11.2. The lowest BCUT2D eigenvalue weighted by molar-refractivity contribution is -0.119. The van der Waals surface area contributed by atoms with Crippen LogP contribution in [0, 0.1) is 0 Å². The predicted molar refractivity (Wildman–Crippen MR) is 73.6 cm³/mol. The second kappa shape index (κ2) is 5.69. The first-order valence-corrected chi connectivity index (χ1v) is 6.18. The molecular formula is C13H19N3O3. The fraction of sp³-hybridized carbons (Fsp3) is 0.462. The number of rotatable bonds is 5. The highest BCUT2D eigenvalue weighted by Gasteiger charge is 2.20. The maximum absolute atomic E-state index is 11.1. The van der Waals surface area contributed by atoms with E-state index in [-0.39, 0.29) is 11.9 Å². The number of amides is 1. The van der Waals surface area contributed by atoms with Gasteiger partial charge in [0.05, 0.1) is 25.6 Å². The normalized spacial score (nSPS) is 18.0. The van der Waals surface area contributed by atoms with Gasteiger partial charge in [-0.1, -0.05) is 0 Å². The first kappa shape index (κ1) is 13.3. The van der Waals surface area contributed by atoms with Crippen molar-refractivity contribution in [3.63, 3.8) is 0 Å². The van der Waals surface area contributed by atoms with E-state index in [0.29, 0.717) is 30.2 Å². The van der Waals surface area contributed by atoms with Gasteiger partial charge in [0, 0.05) is 31.1 Å². The SMILES string of the molecule is COc1cc(N)c(NCC2CCC(=O)N2)cc1OC. The molecule has 1 atom stereocenters. The lowest BCUT2D eigenvalue weighted by atomic mass is 10.2. The van der Waals surface area contributed by atoms with Crippen molar-refractivity contribution in [1.29, 1.82) is 0 Å². The van der Waals surface area contributed by atoms with E-state index in [1.807, 2.05) is 0 Å². The highest BCUT2D eigenvalue weighted by atomic mass is 16.5. The summed E-state index contributed by atoms with van der Waals surface area (Å²) in [4.78, 5) is 11.1. The largest absolute Gasteiger partial charge is 0.493 e. The minimum absolute atomic E-state index is 0.104. The van der Waals surface area contributed by atoms with Crippen molar-refractivity contribution in [3.8, 4) is 11.5 Å². The standard InChI is InChI=1S/C13H19N3O3/c1-18-11-5-9(14)10(6-12(11)19-2)15-7-8-3-4-13(17)16-8/h5-6,8,15H,3-4,7,14H2,1-2H3,(H,16,17). The summed E-state index contributed by atoms with van der Waals surface area (Å²) in [6, 6.07) is 3.67. The van der Waals surface area contributed by atoms with E-state index in [4.69, 9.17) is 15.2 Å². The molecule has 1 aromatic rings. The number of benzene rings is 1. The van der Waals surface area contributed by atoms with Crippen LogP contribution in [0.5, 0.6) is 11.5 Å². The summed E-state index contributed by atoms with van der Waals surface area (Å²) in [6.45, 7) is 0.644. The number of hydrogen-bond acceptors (Lipinski definition) is 5. The van der Waals surface area contributed by atoms with Crippen LogP contribution in [0.15, 0.2) is 12.1 Å². The van der Waals surface area contributed by atoms with E-state index in [0.717, 1.165) is 12.1 Å². The van der Waals surface area contributed by atoms with Crippen molar-refractivity contribution in [2.75, 3.05) is 31.8 Å². The highest BCUT2D eigenvalue weighted by molar-refractivity contribution is 5.78. The number of nitrogens with two attached hydrogens (primary N) is 1. The molecule has 104 valence electrons. The summed E-state index contributed by atoms with van der Waals surface area (Å²) in [6.07, 6.45) is 1.44. The second-order valence-electron chi connectivity index (χ2n) is 4.48. The van der Waals surface area contributed by atoms with E-state index in [9.17, 15) is 4.79 Å². The Bertz CT molecular complexity index is 476. The Morgan fingerprint density at radius 2 is 2.05 bits per heavy atom. The maximum atomic E-state index is 11.1. The molecule has 1 unspecified atom stereocenters. The van der Waals surface area contributed by atoms with Crippen LogP contribution in [-0.2, 0) is 4.79 Å². The molecule has 1 amide bonds. The van der Waals surface area contributed by atoms with Crippen LogP contribution in [0.4, 0.5) is 11.4 Å². The highest BCUT2D eigenvalue weighted by Crippen LogP contribution is 2.34. The summed E-state index contributed by atoms with van der Waals surface area (Å²) in [5, 5.41) is 6.12. The third kappa shape index (κ3) is 3.01. The minimum Gasteiger partial charge on any atom is -0.493 e. The number of nitrogen functional groups attached to an aromatic ring is 1. The molecule has 19 heavy (non-hydrogen) atoms. The molecule has 0 radical (unpaired) electrons. The molecule has 2 rings (SSSR count). The molecule has 0 aliphatic carbocycles. The Balaban J connectivity index is 2.05. The predicted octanol–water partition coefficient (Wildman–Crippen LogP) is 0.976. The van der Waals surface area contributed by atoms with Gasteiger partial charge in [0.15, 0.2) is 11.5 Å². The number of anilines is 2. The van der Waals surface area contributed by atoms with Gasteiger partial charge < -0.3 is 25.8 Å². The van der Waals surface area contributed by atoms with Gasteiger partial charge in [-0.25, -0.2) is 0 Å². The van der Waals surface area contributed by atoms with Crippen LogP contribution in [0.3, 0.4) is 0 Å². The van der Waals surface area contributed by atoms with Gasteiger partial charge >= 0.3 is 0 Å². The Morgan fingerprint density at radius 1 is 1.37 bits per heavy atom. The second-order valence-corrected chi connectivity index (χ2v) is 4.48. The van der Waals surface area contributed by atoms with E-state index < -0.39 is 0 Å². The lowest BCUT2D eigenvalue weighted by Gasteiger charge is -2.16. The first-order chi connectivity index (χ1) is 9.13. The van der Waals surface area contributed by atoms with E-state index >= 15 is 0 Å². The smallest absolute Gasteiger partial charge is 0.220 e. The van der Waals surface area contributed by atoms with Gasteiger partial charge in [-0.05, 0) is 6.42 Å². The average Bonchev–Trinajstić information content (AvgIpc) is 2.82. The molecule has 1 fully saturated rings. The zero-order chi connectivity index (χ0) is 13.8. The van der Waals surface area contributed by atoms with E-state index in [1.165, 1.54) is 0 Å². The minimum atomic E-state index is 0.104. The summed E-state index contributed by atoms with van der Waals surface area (Å²) >= 11 is 0. The van der Waals surface area contributed by atoms with Crippen molar-refractivity contribution in [2.45, 2.75) is 18.9 Å². The Labute approximate surface area is 112 Å². The summed E-state index contributed by atoms with van der Waals surface area (Å²) in [5.41, 5.74) is 7.31. The number of methoxy groups -OCH3 is 2. The Morgan fingerprint density at radius 3 is 2.63 bits per heavy atom. The average molecular weight is 265 g/mol. The number of nitrogens with one attached hydrogen (secondary N) is 2. The molecule has 0 aromatic heterocycles. The van der Waals surface area contributed by atoms with Crippen LogP contribution >= 0.6 is 0 Å². The third-order valence-electron chi connectivity index (χ3n) is 3.18. The van der Waals surface area contributed by atoms with Crippen molar-refractivity contribution in [3.05, 3.63) is 12.1 Å². The molecule has 6 nitrogen and oxygen atoms in total. The maximum Gasteiger partial charge on any atom is 0.220 e. The molecule has 1 aromatic carbocycles. The number of ether oxygens (including phenoxy) is 2. The molecule has 1 saturated heterocycles.